The molecule has 12 heteroatoms. The number of rotatable bonds is 4. The van der Waals surface area contributed by atoms with Crippen LogP contribution in [0.15, 0.2) is 29.5 Å². The topological polar surface area (TPSA) is 132 Å². The van der Waals surface area contributed by atoms with Gasteiger partial charge < -0.3 is 20.3 Å². The van der Waals surface area contributed by atoms with Crippen molar-refractivity contribution in [3.8, 4) is 0 Å². The smallest absolute Gasteiger partial charge is 0.341 e. The molecular formula is C18H19ClFN7O3. The van der Waals surface area contributed by atoms with Crippen LogP contribution in [0.1, 0.15) is 35.3 Å². The van der Waals surface area contributed by atoms with Gasteiger partial charge in [0.15, 0.2) is 11.6 Å². The van der Waals surface area contributed by atoms with Crippen LogP contribution in [0.2, 0.25) is 0 Å². The number of pyridine rings is 2. The number of fused-ring (bicyclic) bond motifs is 1. The number of carboxylic acids is 1. The fourth-order valence-corrected chi connectivity index (χ4v) is 3.90. The van der Waals surface area contributed by atoms with Gasteiger partial charge in [-0.05, 0) is 18.9 Å². The average Bonchev–Trinajstić information content (AvgIpc) is 3.23. The van der Waals surface area contributed by atoms with Crippen molar-refractivity contribution in [2.75, 3.05) is 18.0 Å². The molecule has 3 aromatic rings. The second-order valence-corrected chi connectivity index (χ2v) is 7.50. The fraction of sp³-hybridized carbons (Fsp3) is 0.389. The molecule has 0 amide bonds. The zero-order valence-electron chi connectivity index (χ0n) is 15.7. The lowest BCUT2D eigenvalue weighted by atomic mass is 10.2. The molecule has 30 heavy (non-hydrogen) atoms. The van der Waals surface area contributed by atoms with Gasteiger partial charge in [0.25, 0.3) is 0 Å². The third-order valence-electron chi connectivity index (χ3n) is 5.52. The summed E-state index contributed by atoms with van der Waals surface area (Å²) in [5, 5.41) is 17.1. The molecule has 2 aliphatic rings. The first-order valence-electron chi connectivity index (χ1n) is 9.29. The Hall–Kier alpha value is -3.05. The predicted octanol–water partition coefficient (Wildman–Crippen LogP) is 0.971. The third kappa shape index (κ3) is 3.19. The van der Waals surface area contributed by atoms with Crippen LogP contribution in [0.4, 0.5) is 10.2 Å². The second kappa shape index (κ2) is 7.33. The number of halogens is 2. The lowest BCUT2D eigenvalue weighted by Crippen LogP contribution is -2.31. The fourth-order valence-electron chi connectivity index (χ4n) is 3.90. The molecule has 0 bridgehead atoms. The molecule has 0 aromatic carbocycles. The van der Waals surface area contributed by atoms with E-state index in [4.69, 9.17) is 5.73 Å². The van der Waals surface area contributed by atoms with Gasteiger partial charge >= 0.3 is 5.97 Å². The maximum absolute atomic E-state index is 15.0. The summed E-state index contributed by atoms with van der Waals surface area (Å²) in [7, 11) is 0. The molecule has 3 aromatic heterocycles. The lowest BCUT2D eigenvalue weighted by Gasteiger charge is -2.19. The van der Waals surface area contributed by atoms with E-state index in [0.717, 1.165) is 18.9 Å². The summed E-state index contributed by atoms with van der Waals surface area (Å²) < 4.78 is 18.3. The summed E-state index contributed by atoms with van der Waals surface area (Å²) in [6.07, 6.45) is 6.28. The van der Waals surface area contributed by atoms with Crippen LogP contribution in [0, 0.1) is 5.82 Å². The van der Waals surface area contributed by atoms with E-state index in [1.54, 1.807) is 26.5 Å². The van der Waals surface area contributed by atoms with E-state index in [9.17, 15) is 19.1 Å². The first-order chi connectivity index (χ1) is 13.9. The van der Waals surface area contributed by atoms with Crippen LogP contribution in [0.25, 0.3) is 11.0 Å². The van der Waals surface area contributed by atoms with E-state index in [2.05, 4.69) is 15.3 Å². The number of carbonyl (C=O) groups is 1. The molecule has 4 heterocycles. The van der Waals surface area contributed by atoms with E-state index >= 15 is 0 Å². The van der Waals surface area contributed by atoms with Gasteiger partial charge in [0.2, 0.25) is 5.43 Å². The molecule has 1 aliphatic heterocycles. The minimum atomic E-state index is -1.34. The van der Waals surface area contributed by atoms with Crippen molar-refractivity contribution in [3.05, 3.63) is 46.3 Å². The molecule has 1 saturated heterocycles. The Morgan fingerprint density at radius 1 is 1.30 bits per heavy atom. The Labute approximate surface area is 175 Å². The summed E-state index contributed by atoms with van der Waals surface area (Å²) in [5.41, 5.74) is 5.40. The van der Waals surface area contributed by atoms with E-state index in [-0.39, 0.29) is 52.9 Å². The zero-order valence-corrected chi connectivity index (χ0v) is 16.5. The van der Waals surface area contributed by atoms with Crippen molar-refractivity contribution >= 4 is 35.2 Å². The summed E-state index contributed by atoms with van der Waals surface area (Å²) in [6, 6.07) is 0.661. The number of nitrogens with two attached hydrogens (primary N) is 1. The SMILES string of the molecule is Cl.N[C@H]1CN(c2nc3c(cc2F)c(=O)c(C(=O)O)cn3C2CC2)C[C@H]1n1ccnn1. The van der Waals surface area contributed by atoms with E-state index in [1.165, 1.54) is 6.20 Å². The Bertz CT molecular complexity index is 1180. The number of hydrogen-bond donors (Lipinski definition) is 2. The largest absolute Gasteiger partial charge is 0.477 e. The van der Waals surface area contributed by atoms with E-state index in [0.29, 0.717) is 13.1 Å². The van der Waals surface area contributed by atoms with Gasteiger partial charge in [0.1, 0.15) is 11.2 Å². The Kier molecular flexibility index (Phi) is 4.94. The van der Waals surface area contributed by atoms with Crippen molar-refractivity contribution in [1.29, 1.82) is 0 Å². The number of hydrogen-bond acceptors (Lipinski definition) is 7. The molecule has 2 atom stereocenters. The summed E-state index contributed by atoms with van der Waals surface area (Å²) >= 11 is 0. The van der Waals surface area contributed by atoms with E-state index < -0.39 is 17.2 Å². The van der Waals surface area contributed by atoms with Crippen molar-refractivity contribution in [2.45, 2.75) is 31.0 Å². The number of carboxylic acid groups (broad SMARTS) is 1. The molecular weight excluding hydrogens is 417 g/mol. The maximum atomic E-state index is 15.0. The van der Waals surface area contributed by atoms with Gasteiger partial charge in [-0.15, -0.1) is 17.5 Å². The van der Waals surface area contributed by atoms with Gasteiger partial charge in [-0.25, -0.2) is 18.9 Å². The van der Waals surface area contributed by atoms with Crippen LogP contribution >= 0.6 is 12.4 Å². The van der Waals surface area contributed by atoms with Gasteiger partial charge in [0, 0.05) is 37.6 Å². The van der Waals surface area contributed by atoms with Crippen LogP contribution in [-0.4, -0.2) is 54.8 Å². The first kappa shape index (κ1) is 20.2. The first-order valence-corrected chi connectivity index (χ1v) is 9.29. The van der Waals surface area contributed by atoms with Gasteiger partial charge in [-0.3, -0.25) is 4.79 Å². The van der Waals surface area contributed by atoms with Crippen LogP contribution in [-0.2, 0) is 0 Å². The highest BCUT2D eigenvalue weighted by Crippen LogP contribution is 2.37. The van der Waals surface area contributed by atoms with Gasteiger partial charge in [-0.2, -0.15) is 0 Å². The number of aromatic carboxylic acids is 1. The average molecular weight is 436 g/mol. The van der Waals surface area contributed by atoms with Crippen LogP contribution < -0.4 is 16.1 Å². The van der Waals surface area contributed by atoms with Crippen LogP contribution in [0.3, 0.4) is 0 Å². The van der Waals surface area contributed by atoms with Crippen molar-refractivity contribution in [2.24, 2.45) is 5.73 Å². The minimum Gasteiger partial charge on any atom is -0.477 e. The van der Waals surface area contributed by atoms with Crippen LogP contribution in [0.5, 0.6) is 0 Å². The highest BCUT2D eigenvalue weighted by Gasteiger charge is 2.35. The molecule has 10 nitrogen and oxygen atoms in total. The van der Waals surface area contributed by atoms with Gasteiger partial charge in [-0.1, -0.05) is 5.21 Å². The normalized spacial score (nSPS) is 21.1. The standard InChI is InChI=1S/C18H18FN7O3.ClH/c19-12-5-10-15(27)11(18(28)29)6-25(9-1-2-9)16(10)22-17(12)24-7-13(20)14(8-24)26-4-3-21-23-26;/h3-6,9,13-14H,1-2,7-8,20H2,(H,28,29);1H/t13-,14+;/m0./s1. The van der Waals surface area contributed by atoms with Gasteiger partial charge in [0.05, 0.1) is 17.6 Å². The molecule has 2 fully saturated rings. The lowest BCUT2D eigenvalue weighted by molar-refractivity contribution is 0.0695. The number of anilines is 1. The Morgan fingerprint density at radius 2 is 2.07 bits per heavy atom. The number of nitrogens with zero attached hydrogens (tertiary/aromatic N) is 6. The second-order valence-electron chi connectivity index (χ2n) is 7.50. The molecule has 5 rings (SSSR count). The highest BCUT2D eigenvalue weighted by atomic mass is 35.5. The Balaban J connectivity index is 0.00000218. The predicted molar refractivity (Wildman–Crippen MR) is 108 cm³/mol. The highest BCUT2D eigenvalue weighted by molar-refractivity contribution is 5.92. The summed E-state index contributed by atoms with van der Waals surface area (Å²) in [5.74, 6) is -1.93. The minimum absolute atomic E-state index is 0. The summed E-state index contributed by atoms with van der Waals surface area (Å²) in [6.45, 7) is 0.752. The molecule has 3 N–H and O–H groups in total. The molecule has 0 spiro atoms. The quantitative estimate of drug-likeness (QED) is 0.619. The maximum Gasteiger partial charge on any atom is 0.341 e. The molecule has 1 saturated carbocycles. The molecule has 0 radical (unpaired) electrons. The molecule has 158 valence electrons. The zero-order chi connectivity index (χ0) is 20.3. The molecule has 1 aliphatic carbocycles. The van der Waals surface area contributed by atoms with Crippen molar-refractivity contribution in [1.82, 2.24) is 24.5 Å². The van der Waals surface area contributed by atoms with Crippen molar-refractivity contribution < 1.29 is 14.3 Å². The Morgan fingerprint density at radius 3 is 2.70 bits per heavy atom. The monoisotopic (exact) mass is 435 g/mol. The summed E-state index contributed by atoms with van der Waals surface area (Å²) in [4.78, 5) is 30.2. The number of aromatic nitrogens is 5. The third-order valence-corrected chi connectivity index (χ3v) is 5.52. The molecule has 0 unspecified atom stereocenters. The van der Waals surface area contributed by atoms with E-state index in [1.807, 2.05) is 0 Å². The van der Waals surface area contributed by atoms with Crippen molar-refractivity contribution in [3.63, 3.8) is 0 Å².